The summed E-state index contributed by atoms with van der Waals surface area (Å²) in [7, 11) is 0. The number of rotatable bonds is 9. The van der Waals surface area contributed by atoms with Gasteiger partial charge in [0.05, 0.1) is 22.4 Å². The molecular formula is C60H42N2. The third-order valence-corrected chi connectivity index (χ3v) is 12.0. The van der Waals surface area contributed by atoms with Gasteiger partial charge < -0.3 is 9.47 Å². The van der Waals surface area contributed by atoms with Crippen molar-refractivity contribution in [3.8, 4) is 61.3 Å². The average Bonchev–Trinajstić information content (AvgIpc) is 3.70. The molecule has 1 aromatic heterocycles. The normalized spacial score (nSPS) is 11.2. The minimum Gasteiger partial charge on any atom is -0.309 e. The monoisotopic (exact) mass is 790 g/mol. The van der Waals surface area contributed by atoms with Gasteiger partial charge in [-0.2, -0.15) is 0 Å². The van der Waals surface area contributed by atoms with Crippen LogP contribution in [0.1, 0.15) is 0 Å². The third-order valence-electron chi connectivity index (χ3n) is 12.0. The van der Waals surface area contributed by atoms with E-state index >= 15 is 0 Å². The van der Waals surface area contributed by atoms with Crippen molar-refractivity contribution in [1.29, 1.82) is 0 Å². The van der Waals surface area contributed by atoms with Crippen LogP contribution in [-0.4, -0.2) is 4.57 Å². The number of hydrogen-bond donors (Lipinski definition) is 0. The van der Waals surface area contributed by atoms with Crippen molar-refractivity contribution in [2.75, 3.05) is 4.90 Å². The van der Waals surface area contributed by atoms with E-state index in [9.17, 15) is 0 Å². The second kappa shape index (κ2) is 16.1. The van der Waals surface area contributed by atoms with Crippen LogP contribution in [0.15, 0.2) is 255 Å². The van der Waals surface area contributed by atoms with Crippen molar-refractivity contribution in [3.63, 3.8) is 0 Å². The van der Waals surface area contributed by atoms with Crippen LogP contribution in [-0.2, 0) is 0 Å². The molecule has 11 aromatic rings. The van der Waals surface area contributed by atoms with Crippen molar-refractivity contribution in [1.82, 2.24) is 4.57 Å². The molecule has 2 nitrogen and oxygen atoms in total. The molecule has 0 aliphatic carbocycles. The van der Waals surface area contributed by atoms with E-state index in [0.29, 0.717) is 0 Å². The van der Waals surface area contributed by atoms with Gasteiger partial charge in [-0.05, 0) is 105 Å². The quantitative estimate of drug-likeness (QED) is 0.141. The maximum atomic E-state index is 2.50. The molecule has 0 saturated carbocycles. The summed E-state index contributed by atoms with van der Waals surface area (Å²) in [5.41, 5.74) is 18.5. The Bertz CT molecular complexity index is 3320. The number of fused-ring (bicyclic) bond motifs is 3. The van der Waals surface area contributed by atoms with Crippen molar-refractivity contribution >= 4 is 38.9 Å². The fraction of sp³-hybridized carbons (Fsp3) is 0. The number of nitrogens with zero attached hydrogens (tertiary/aromatic N) is 2. The molecule has 0 saturated heterocycles. The Hall–Kier alpha value is -8.20. The molecule has 0 aliphatic heterocycles. The minimum atomic E-state index is 1.07. The number of para-hydroxylation sites is 2. The van der Waals surface area contributed by atoms with E-state index in [1.165, 1.54) is 55.2 Å². The molecule has 0 radical (unpaired) electrons. The molecule has 2 heteroatoms. The zero-order valence-electron chi connectivity index (χ0n) is 34.1. The Labute approximate surface area is 362 Å². The van der Waals surface area contributed by atoms with Crippen LogP contribution in [0.4, 0.5) is 17.1 Å². The van der Waals surface area contributed by atoms with Gasteiger partial charge >= 0.3 is 0 Å². The van der Waals surface area contributed by atoms with Crippen molar-refractivity contribution in [3.05, 3.63) is 255 Å². The fourth-order valence-corrected chi connectivity index (χ4v) is 9.20. The van der Waals surface area contributed by atoms with Crippen LogP contribution in [0.3, 0.4) is 0 Å². The Morgan fingerprint density at radius 2 is 0.758 bits per heavy atom. The van der Waals surface area contributed by atoms with Crippen LogP contribution in [0.5, 0.6) is 0 Å². The van der Waals surface area contributed by atoms with E-state index in [0.717, 1.165) is 45.0 Å². The van der Waals surface area contributed by atoms with Gasteiger partial charge in [0.2, 0.25) is 0 Å². The first kappa shape index (κ1) is 36.8. The highest BCUT2D eigenvalue weighted by Gasteiger charge is 2.25. The SMILES string of the molecule is c1ccc(-c2ccccc2-c2ccc(N(c3ccc(-c4ccccc4)c(-c4ccccc4)c3)c3cccc4c3c3ccccc3n4-c3ccccc3)c(-c3ccccc3)c2)cc1. The first-order valence-corrected chi connectivity index (χ1v) is 21.3. The van der Waals surface area contributed by atoms with Crippen LogP contribution >= 0.6 is 0 Å². The van der Waals surface area contributed by atoms with Crippen LogP contribution in [0, 0.1) is 0 Å². The molecule has 0 amide bonds. The number of aromatic nitrogens is 1. The Morgan fingerprint density at radius 3 is 1.39 bits per heavy atom. The first-order valence-electron chi connectivity index (χ1n) is 21.3. The summed E-state index contributed by atoms with van der Waals surface area (Å²) in [4.78, 5) is 2.50. The van der Waals surface area contributed by atoms with E-state index in [1.54, 1.807) is 0 Å². The molecule has 62 heavy (non-hydrogen) atoms. The van der Waals surface area contributed by atoms with Crippen LogP contribution in [0.2, 0.25) is 0 Å². The Morgan fingerprint density at radius 1 is 0.274 bits per heavy atom. The molecule has 0 fully saturated rings. The second-order valence-electron chi connectivity index (χ2n) is 15.7. The first-order chi connectivity index (χ1) is 30.8. The van der Waals surface area contributed by atoms with E-state index in [1.807, 2.05) is 0 Å². The second-order valence-corrected chi connectivity index (χ2v) is 15.7. The topological polar surface area (TPSA) is 8.17 Å². The molecule has 0 N–H and O–H groups in total. The Kier molecular flexibility index (Phi) is 9.57. The predicted molar refractivity (Wildman–Crippen MR) is 263 cm³/mol. The Balaban J connectivity index is 1.22. The van der Waals surface area contributed by atoms with E-state index in [-0.39, 0.29) is 0 Å². The lowest BCUT2D eigenvalue weighted by Crippen LogP contribution is -2.12. The van der Waals surface area contributed by atoms with Gasteiger partial charge in [-0.1, -0.05) is 200 Å². The van der Waals surface area contributed by atoms with Crippen molar-refractivity contribution in [2.45, 2.75) is 0 Å². The van der Waals surface area contributed by atoms with Crippen molar-refractivity contribution < 1.29 is 0 Å². The van der Waals surface area contributed by atoms with Gasteiger partial charge in [-0.15, -0.1) is 0 Å². The minimum absolute atomic E-state index is 1.07. The summed E-state index contributed by atoms with van der Waals surface area (Å²) in [5.74, 6) is 0. The summed E-state index contributed by atoms with van der Waals surface area (Å²) < 4.78 is 2.40. The average molecular weight is 791 g/mol. The maximum Gasteiger partial charge on any atom is 0.0562 e. The lowest BCUT2D eigenvalue weighted by Gasteiger charge is -2.30. The van der Waals surface area contributed by atoms with E-state index in [4.69, 9.17) is 0 Å². The molecular weight excluding hydrogens is 749 g/mol. The smallest absolute Gasteiger partial charge is 0.0562 e. The standard InChI is InChI=1S/C60H42N2/c1-6-21-43(22-7-1)50-31-16-17-32-51(50)47-37-40-57(55(41-47)46-27-12-4-13-28-46)62(49-38-39-52(44-23-8-2-9-24-44)54(42-49)45-25-10-3-11-26-45)59-36-20-35-58-60(59)53-33-18-19-34-56(53)61(58)48-29-14-5-15-30-48/h1-42H. The highest BCUT2D eigenvalue weighted by atomic mass is 15.2. The molecule has 0 spiro atoms. The van der Waals surface area contributed by atoms with Crippen molar-refractivity contribution in [2.24, 2.45) is 0 Å². The number of hydrogen-bond acceptors (Lipinski definition) is 1. The molecule has 11 rings (SSSR count). The van der Waals surface area contributed by atoms with Gasteiger partial charge in [-0.3, -0.25) is 0 Å². The maximum absolute atomic E-state index is 2.50. The molecule has 292 valence electrons. The zero-order chi connectivity index (χ0) is 41.2. The highest BCUT2D eigenvalue weighted by Crippen LogP contribution is 2.49. The third kappa shape index (κ3) is 6.65. The molecule has 0 bridgehead atoms. The van der Waals surface area contributed by atoms with Crippen LogP contribution < -0.4 is 4.90 Å². The van der Waals surface area contributed by atoms with Gasteiger partial charge in [-0.25, -0.2) is 0 Å². The number of anilines is 3. The highest BCUT2D eigenvalue weighted by molar-refractivity contribution is 6.17. The molecule has 0 atom stereocenters. The van der Waals surface area contributed by atoms with Crippen LogP contribution in [0.25, 0.3) is 83.1 Å². The van der Waals surface area contributed by atoms with E-state index in [2.05, 4.69) is 264 Å². The zero-order valence-corrected chi connectivity index (χ0v) is 34.1. The summed E-state index contributed by atoms with van der Waals surface area (Å²) >= 11 is 0. The molecule has 0 unspecified atom stereocenters. The van der Waals surface area contributed by atoms with Gasteiger partial charge in [0.15, 0.2) is 0 Å². The summed E-state index contributed by atoms with van der Waals surface area (Å²) in [6, 6.07) is 92.2. The summed E-state index contributed by atoms with van der Waals surface area (Å²) in [6.07, 6.45) is 0. The van der Waals surface area contributed by atoms with Gasteiger partial charge in [0.1, 0.15) is 0 Å². The van der Waals surface area contributed by atoms with Gasteiger partial charge in [0.25, 0.3) is 0 Å². The fourth-order valence-electron chi connectivity index (χ4n) is 9.20. The summed E-state index contributed by atoms with van der Waals surface area (Å²) in [6.45, 7) is 0. The molecule has 10 aromatic carbocycles. The predicted octanol–water partition coefficient (Wildman–Crippen LogP) is 16.6. The lowest BCUT2D eigenvalue weighted by atomic mass is 9.91. The van der Waals surface area contributed by atoms with E-state index < -0.39 is 0 Å². The molecule has 0 aliphatic rings. The largest absolute Gasteiger partial charge is 0.309 e. The lowest BCUT2D eigenvalue weighted by molar-refractivity contribution is 1.18. The number of benzene rings is 10. The summed E-state index contributed by atoms with van der Waals surface area (Å²) in [5, 5.41) is 2.39. The molecule has 1 heterocycles. The van der Waals surface area contributed by atoms with Gasteiger partial charge in [0, 0.05) is 27.7 Å².